The summed E-state index contributed by atoms with van der Waals surface area (Å²) >= 11 is 0. The maximum absolute atomic E-state index is 12.2. The van der Waals surface area contributed by atoms with Gasteiger partial charge >= 0.3 is 0 Å². The minimum atomic E-state index is -0.0871. The van der Waals surface area contributed by atoms with Crippen molar-refractivity contribution in [2.24, 2.45) is 0 Å². The molecule has 1 saturated heterocycles. The van der Waals surface area contributed by atoms with Crippen LogP contribution in [0.3, 0.4) is 0 Å². The van der Waals surface area contributed by atoms with Crippen LogP contribution in [0.2, 0.25) is 0 Å². The fraction of sp³-hybridized carbons (Fsp3) is 0.375. The normalized spacial score (nSPS) is 14.9. The van der Waals surface area contributed by atoms with Gasteiger partial charge in [-0.05, 0) is 31.2 Å². The van der Waals surface area contributed by atoms with Gasteiger partial charge in [-0.25, -0.2) is 4.98 Å². The average molecular weight is 300 g/mol. The topological polar surface area (TPSA) is 70.2 Å². The van der Waals surface area contributed by atoms with Crippen LogP contribution in [0.1, 0.15) is 21.7 Å². The molecule has 1 aliphatic heterocycles. The molecule has 0 unspecified atom stereocenters. The van der Waals surface area contributed by atoms with E-state index in [0.717, 1.165) is 43.4 Å². The number of hydrogen-bond donors (Lipinski definition) is 2. The Balaban J connectivity index is 1.59. The van der Waals surface area contributed by atoms with Crippen LogP contribution >= 0.6 is 0 Å². The van der Waals surface area contributed by atoms with Gasteiger partial charge in [-0.3, -0.25) is 4.79 Å². The van der Waals surface area contributed by atoms with Crippen molar-refractivity contribution in [3.05, 3.63) is 47.5 Å². The molecule has 1 amide bonds. The molecule has 0 aliphatic carbocycles. The summed E-state index contributed by atoms with van der Waals surface area (Å²) in [6.07, 6.45) is 1.63. The second kappa shape index (κ2) is 6.62. The average Bonchev–Trinajstić information content (AvgIpc) is 2.99. The predicted octanol–water partition coefficient (Wildman–Crippen LogP) is 1.48. The van der Waals surface area contributed by atoms with Gasteiger partial charge < -0.3 is 19.9 Å². The maximum atomic E-state index is 12.2. The third kappa shape index (κ3) is 3.28. The molecule has 0 spiro atoms. The van der Waals surface area contributed by atoms with Gasteiger partial charge in [0.25, 0.3) is 5.91 Å². The second-order valence-corrected chi connectivity index (χ2v) is 5.30. The number of carbonyl (C=O) groups excluding carboxylic acids is 1. The molecule has 2 N–H and O–H groups in total. The van der Waals surface area contributed by atoms with Crippen molar-refractivity contribution >= 4 is 11.6 Å². The van der Waals surface area contributed by atoms with Crippen molar-refractivity contribution in [1.82, 2.24) is 15.3 Å². The van der Waals surface area contributed by atoms with E-state index in [1.54, 1.807) is 6.33 Å². The van der Waals surface area contributed by atoms with Gasteiger partial charge in [-0.15, -0.1) is 0 Å². The van der Waals surface area contributed by atoms with E-state index in [1.165, 1.54) is 0 Å². The first-order chi connectivity index (χ1) is 10.7. The molecule has 1 aliphatic rings. The SMILES string of the molecule is Cc1[nH]cnc1CNC(=O)c1ccc(N2CCOCC2)cc1. The zero-order chi connectivity index (χ0) is 15.4. The van der Waals surface area contributed by atoms with Crippen LogP contribution in [0.4, 0.5) is 5.69 Å². The summed E-state index contributed by atoms with van der Waals surface area (Å²) in [7, 11) is 0. The number of nitrogens with zero attached hydrogens (tertiary/aromatic N) is 2. The number of aromatic nitrogens is 2. The molecule has 6 nitrogen and oxygen atoms in total. The largest absolute Gasteiger partial charge is 0.378 e. The van der Waals surface area contributed by atoms with E-state index < -0.39 is 0 Å². The van der Waals surface area contributed by atoms with E-state index in [0.29, 0.717) is 12.1 Å². The van der Waals surface area contributed by atoms with Crippen molar-refractivity contribution in [2.45, 2.75) is 13.5 Å². The number of benzene rings is 1. The second-order valence-electron chi connectivity index (χ2n) is 5.30. The molecule has 1 fully saturated rings. The van der Waals surface area contributed by atoms with E-state index in [2.05, 4.69) is 20.2 Å². The molecule has 116 valence electrons. The summed E-state index contributed by atoms with van der Waals surface area (Å²) in [5.74, 6) is -0.0871. The van der Waals surface area contributed by atoms with Gasteiger partial charge in [0, 0.05) is 30.0 Å². The molecule has 2 heterocycles. The summed E-state index contributed by atoms with van der Waals surface area (Å²) in [4.78, 5) is 21.6. The number of aryl methyl sites for hydroxylation is 1. The fourth-order valence-electron chi connectivity index (χ4n) is 2.48. The number of rotatable bonds is 4. The lowest BCUT2D eigenvalue weighted by Crippen LogP contribution is -2.36. The Labute approximate surface area is 129 Å². The van der Waals surface area contributed by atoms with Gasteiger partial charge in [0.1, 0.15) is 0 Å². The number of anilines is 1. The maximum Gasteiger partial charge on any atom is 0.251 e. The predicted molar refractivity (Wildman–Crippen MR) is 84.0 cm³/mol. The third-order valence-corrected chi connectivity index (χ3v) is 3.86. The monoisotopic (exact) mass is 300 g/mol. The van der Waals surface area contributed by atoms with E-state index in [9.17, 15) is 4.79 Å². The standard InChI is InChI=1S/C16H20N4O2/c1-12-15(19-11-18-12)10-17-16(21)13-2-4-14(5-3-13)20-6-8-22-9-7-20/h2-5,11H,6-10H2,1H3,(H,17,21)(H,18,19). The van der Waals surface area contributed by atoms with Crippen molar-refractivity contribution in [3.63, 3.8) is 0 Å². The van der Waals surface area contributed by atoms with Crippen molar-refractivity contribution in [1.29, 1.82) is 0 Å². The molecule has 0 atom stereocenters. The number of H-pyrrole nitrogens is 1. The Morgan fingerprint density at radius 1 is 1.32 bits per heavy atom. The molecule has 6 heteroatoms. The highest BCUT2D eigenvalue weighted by Crippen LogP contribution is 2.16. The smallest absolute Gasteiger partial charge is 0.251 e. The number of aromatic amines is 1. The Morgan fingerprint density at radius 3 is 2.68 bits per heavy atom. The van der Waals surface area contributed by atoms with Gasteiger partial charge in [0.15, 0.2) is 0 Å². The fourth-order valence-corrected chi connectivity index (χ4v) is 2.48. The first-order valence-corrected chi connectivity index (χ1v) is 7.44. The number of imidazole rings is 1. The molecule has 2 aromatic rings. The number of ether oxygens (including phenoxy) is 1. The summed E-state index contributed by atoms with van der Waals surface area (Å²) in [5.41, 5.74) is 3.62. The van der Waals surface area contributed by atoms with Crippen LogP contribution in [-0.2, 0) is 11.3 Å². The van der Waals surface area contributed by atoms with Gasteiger partial charge in [0.2, 0.25) is 0 Å². The summed E-state index contributed by atoms with van der Waals surface area (Å²) in [5, 5.41) is 2.89. The number of hydrogen-bond acceptors (Lipinski definition) is 4. The molecule has 0 bridgehead atoms. The zero-order valence-electron chi connectivity index (χ0n) is 12.6. The number of nitrogens with one attached hydrogen (secondary N) is 2. The first-order valence-electron chi connectivity index (χ1n) is 7.44. The van der Waals surface area contributed by atoms with Crippen LogP contribution in [0, 0.1) is 6.92 Å². The van der Waals surface area contributed by atoms with Crippen LogP contribution in [0.15, 0.2) is 30.6 Å². The van der Waals surface area contributed by atoms with Crippen molar-refractivity contribution in [3.8, 4) is 0 Å². The zero-order valence-corrected chi connectivity index (χ0v) is 12.6. The number of amides is 1. The molecule has 3 rings (SSSR count). The Hall–Kier alpha value is -2.34. The van der Waals surface area contributed by atoms with Crippen molar-refractivity contribution in [2.75, 3.05) is 31.2 Å². The summed E-state index contributed by atoms with van der Waals surface area (Å²) < 4.78 is 5.35. The van der Waals surface area contributed by atoms with E-state index in [-0.39, 0.29) is 5.91 Å². The quantitative estimate of drug-likeness (QED) is 0.897. The first kappa shape index (κ1) is 14.6. The van der Waals surface area contributed by atoms with Crippen LogP contribution in [0.5, 0.6) is 0 Å². The molecule has 22 heavy (non-hydrogen) atoms. The molecule has 0 radical (unpaired) electrons. The minimum Gasteiger partial charge on any atom is -0.378 e. The Morgan fingerprint density at radius 2 is 2.05 bits per heavy atom. The molecule has 1 aromatic carbocycles. The molecular weight excluding hydrogens is 280 g/mol. The van der Waals surface area contributed by atoms with E-state index >= 15 is 0 Å². The minimum absolute atomic E-state index is 0.0871. The lowest BCUT2D eigenvalue weighted by atomic mass is 10.1. The molecule has 0 saturated carbocycles. The van der Waals surface area contributed by atoms with Gasteiger partial charge in [-0.2, -0.15) is 0 Å². The number of carbonyl (C=O) groups is 1. The van der Waals surface area contributed by atoms with Gasteiger partial charge in [0.05, 0.1) is 31.8 Å². The van der Waals surface area contributed by atoms with Crippen LogP contribution in [0.25, 0.3) is 0 Å². The molecule has 1 aromatic heterocycles. The Kier molecular flexibility index (Phi) is 4.39. The van der Waals surface area contributed by atoms with Crippen LogP contribution < -0.4 is 10.2 Å². The highest BCUT2D eigenvalue weighted by molar-refractivity contribution is 5.94. The van der Waals surface area contributed by atoms with Crippen LogP contribution in [-0.4, -0.2) is 42.2 Å². The Bertz CT molecular complexity index is 630. The summed E-state index contributed by atoms with van der Waals surface area (Å²) in [6, 6.07) is 7.69. The summed E-state index contributed by atoms with van der Waals surface area (Å²) in [6.45, 7) is 5.66. The molecular formula is C16H20N4O2. The van der Waals surface area contributed by atoms with Gasteiger partial charge in [-0.1, -0.05) is 0 Å². The lowest BCUT2D eigenvalue weighted by Gasteiger charge is -2.28. The third-order valence-electron chi connectivity index (χ3n) is 3.86. The van der Waals surface area contributed by atoms with E-state index in [1.807, 2.05) is 31.2 Å². The highest BCUT2D eigenvalue weighted by atomic mass is 16.5. The van der Waals surface area contributed by atoms with E-state index in [4.69, 9.17) is 4.74 Å². The highest BCUT2D eigenvalue weighted by Gasteiger charge is 2.12. The number of morpholine rings is 1. The van der Waals surface area contributed by atoms with Crippen molar-refractivity contribution < 1.29 is 9.53 Å². The lowest BCUT2D eigenvalue weighted by molar-refractivity contribution is 0.0950.